The van der Waals surface area contributed by atoms with Crippen molar-refractivity contribution in [1.82, 2.24) is 14.0 Å². The quantitative estimate of drug-likeness (QED) is 0.916. The molecule has 1 aliphatic rings. The van der Waals surface area contributed by atoms with Crippen molar-refractivity contribution in [1.29, 1.82) is 0 Å². The molecule has 2 aromatic rings. The third-order valence-electron chi connectivity index (χ3n) is 2.56. The molecule has 1 N–H and O–H groups in total. The average molecular weight is 280 g/mol. The standard InChI is InChI=1S/C10H8N4O2S2/c15-18(16,10-11-14-17-12-10)13-9-5-4-7-2-1-3-8(7)6-9/h1,3-6,13H,2H2. The highest BCUT2D eigenvalue weighted by atomic mass is 32.2. The van der Waals surface area contributed by atoms with Crippen molar-refractivity contribution in [3.05, 3.63) is 35.4 Å². The van der Waals surface area contributed by atoms with Gasteiger partial charge in [0.2, 0.25) is 0 Å². The highest BCUT2D eigenvalue weighted by molar-refractivity contribution is 7.92. The average Bonchev–Trinajstić information content (AvgIpc) is 2.99. The SMILES string of the molecule is O=S(=O)(Nc1ccc2c(c1)C=CC2)c1nnsn1. The molecule has 1 aromatic carbocycles. The molecule has 1 aromatic heterocycles. The molecule has 0 radical (unpaired) electrons. The molecule has 0 unspecified atom stereocenters. The van der Waals surface area contributed by atoms with E-state index in [1.807, 2.05) is 18.2 Å². The first kappa shape index (κ1) is 11.3. The molecule has 0 aliphatic heterocycles. The summed E-state index contributed by atoms with van der Waals surface area (Å²) >= 11 is 0.756. The topological polar surface area (TPSA) is 84.8 Å². The fourth-order valence-corrected chi connectivity index (χ4v) is 3.22. The molecule has 18 heavy (non-hydrogen) atoms. The monoisotopic (exact) mass is 280 g/mol. The second-order valence-electron chi connectivity index (χ2n) is 3.76. The summed E-state index contributed by atoms with van der Waals surface area (Å²) < 4.78 is 33.2. The Bertz CT molecular complexity index is 707. The zero-order valence-electron chi connectivity index (χ0n) is 9.07. The van der Waals surface area contributed by atoms with E-state index in [-0.39, 0.29) is 5.16 Å². The molecule has 0 atom stereocenters. The van der Waals surface area contributed by atoms with Crippen LogP contribution in [-0.2, 0) is 16.4 Å². The number of nitrogens with zero attached hydrogens (tertiary/aromatic N) is 3. The molecule has 0 spiro atoms. The number of rotatable bonds is 3. The van der Waals surface area contributed by atoms with Gasteiger partial charge in [0.1, 0.15) is 0 Å². The highest BCUT2D eigenvalue weighted by Gasteiger charge is 2.19. The van der Waals surface area contributed by atoms with Gasteiger partial charge in [-0.15, -0.1) is 9.47 Å². The lowest BCUT2D eigenvalue weighted by atomic mass is 10.1. The Morgan fingerprint density at radius 2 is 2.22 bits per heavy atom. The van der Waals surface area contributed by atoms with Gasteiger partial charge in [-0.2, -0.15) is 8.42 Å². The Labute approximate surface area is 108 Å². The molecule has 1 aliphatic carbocycles. The van der Waals surface area contributed by atoms with Gasteiger partial charge in [-0.05, 0) is 29.7 Å². The van der Waals surface area contributed by atoms with Gasteiger partial charge < -0.3 is 0 Å². The fourth-order valence-electron chi connectivity index (χ4n) is 1.74. The summed E-state index contributed by atoms with van der Waals surface area (Å²) in [5, 5.41) is 3.15. The first-order valence-corrected chi connectivity index (χ1v) is 7.34. The van der Waals surface area contributed by atoms with Crippen molar-refractivity contribution >= 4 is 33.5 Å². The van der Waals surface area contributed by atoms with E-state index < -0.39 is 10.0 Å². The van der Waals surface area contributed by atoms with Crippen LogP contribution in [0.25, 0.3) is 6.08 Å². The van der Waals surface area contributed by atoms with Crippen LogP contribution >= 0.6 is 11.7 Å². The molecule has 0 saturated heterocycles. The van der Waals surface area contributed by atoms with Crippen LogP contribution in [0.4, 0.5) is 5.69 Å². The summed E-state index contributed by atoms with van der Waals surface area (Å²) in [6.45, 7) is 0. The largest absolute Gasteiger partial charge is 0.301 e. The lowest BCUT2D eigenvalue weighted by molar-refractivity contribution is 0.593. The fraction of sp³-hybridized carbons (Fsp3) is 0.100. The highest BCUT2D eigenvalue weighted by Crippen LogP contribution is 2.24. The van der Waals surface area contributed by atoms with Crippen molar-refractivity contribution in [3.63, 3.8) is 0 Å². The first-order valence-electron chi connectivity index (χ1n) is 5.13. The van der Waals surface area contributed by atoms with Crippen molar-refractivity contribution in [2.24, 2.45) is 0 Å². The predicted octanol–water partition coefficient (Wildman–Crippen LogP) is 1.30. The molecule has 6 nitrogen and oxygen atoms in total. The lowest BCUT2D eigenvalue weighted by Crippen LogP contribution is -2.14. The molecule has 0 saturated carbocycles. The van der Waals surface area contributed by atoms with Gasteiger partial charge >= 0.3 is 5.16 Å². The van der Waals surface area contributed by atoms with Gasteiger partial charge in [0.05, 0.1) is 11.7 Å². The molecule has 1 heterocycles. The summed E-state index contributed by atoms with van der Waals surface area (Å²) in [6.07, 6.45) is 4.89. The second-order valence-corrected chi connectivity index (χ2v) is 5.85. The van der Waals surface area contributed by atoms with E-state index in [9.17, 15) is 8.42 Å². The molecule has 0 bridgehead atoms. The zero-order valence-corrected chi connectivity index (χ0v) is 10.7. The van der Waals surface area contributed by atoms with Gasteiger partial charge in [-0.25, -0.2) is 0 Å². The predicted molar refractivity (Wildman–Crippen MR) is 67.7 cm³/mol. The van der Waals surface area contributed by atoms with E-state index in [1.54, 1.807) is 12.1 Å². The number of hydrogen-bond acceptors (Lipinski definition) is 6. The van der Waals surface area contributed by atoms with Crippen LogP contribution in [0.5, 0.6) is 0 Å². The number of nitrogens with one attached hydrogen (secondary N) is 1. The molecular formula is C10H8N4O2S2. The van der Waals surface area contributed by atoms with Crippen LogP contribution in [0.1, 0.15) is 11.1 Å². The normalized spacial score (nSPS) is 13.6. The van der Waals surface area contributed by atoms with Crippen LogP contribution in [0.2, 0.25) is 0 Å². The Morgan fingerprint density at radius 1 is 1.33 bits per heavy atom. The molecule has 92 valence electrons. The van der Waals surface area contributed by atoms with Crippen LogP contribution in [0, 0.1) is 0 Å². The summed E-state index contributed by atoms with van der Waals surface area (Å²) in [4.78, 5) is 0. The minimum atomic E-state index is -3.74. The van der Waals surface area contributed by atoms with E-state index >= 15 is 0 Å². The van der Waals surface area contributed by atoms with E-state index in [4.69, 9.17) is 0 Å². The maximum atomic E-state index is 11.9. The number of allylic oxidation sites excluding steroid dienone is 1. The maximum absolute atomic E-state index is 11.9. The van der Waals surface area contributed by atoms with Crippen molar-refractivity contribution in [2.75, 3.05) is 4.72 Å². The first-order chi connectivity index (χ1) is 8.65. The molecule has 8 heteroatoms. The van der Waals surface area contributed by atoms with Crippen LogP contribution in [-0.4, -0.2) is 22.4 Å². The van der Waals surface area contributed by atoms with Crippen molar-refractivity contribution < 1.29 is 8.42 Å². The number of hydrogen-bond donors (Lipinski definition) is 1. The van der Waals surface area contributed by atoms with Crippen LogP contribution in [0.3, 0.4) is 0 Å². The van der Waals surface area contributed by atoms with Crippen LogP contribution in [0.15, 0.2) is 29.4 Å². The smallest absolute Gasteiger partial charge is 0.277 e. The Kier molecular flexibility index (Phi) is 2.60. The molecular weight excluding hydrogens is 272 g/mol. The van der Waals surface area contributed by atoms with E-state index in [2.05, 4.69) is 18.7 Å². The number of fused-ring (bicyclic) bond motifs is 1. The molecule has 0 amide bonds. The second kappa shape index (κ2) is 4.14. The van der Waals surface area contributed by atoms with E-state index in [1.165, 1.54) is 5.56 Å². The molecule has 0 fully saturated rings. The minimum Gasteiger partial charge on any atom is -0.277 e. The van der Waals surface area contributed by atoms with Gasteiger partial charge in [0.15, 0.2) is 0 Å². The minimum absolute atomic E-state index is 0.302. The lowest BCUT2D eigenvalue weighted by Gasteiger charge is -2.06. The number of aromatic nitrogens is 3. The zero-order chi connectivity index (χ0) is 12.6. The molecule has 3 rings (SSSR count). The summed E-state index contributed by atoms with van der Waals surface area (Å²) in [7, 11) is -3.74. The summed E-state index contributed by atoms with van der Waals surface area (Å²) in [5.74, 6) is 0. The summed E-state index contributed by atoms with van der Waals surface area (Å²) in [6, 6.07) is 5.42. The Morgan fingerprint density at radius 3 is 3.00 bits per heavy atom. The van der Waals surface area contributed by atoms with Gasteiger partial charge in [-0.3, -0.25) is 4.72 Å². The van der Waals surface area contributed by atoms with Crippen molar-refractivity contribution in [3.8, 4) is 0 Å². The van der Waals surface area contributed by atoms with Crippen molar-refractivity contribution in [2.45, 2.75) is 11.6 Å². The summed E-state index contributed by atoms with van der Waals surface area (Å²) in [5.41, 5.74) is 2.71. The number of benzene rings is 1. The Hall–Kier alpha value is -1.80. The van der Waals surface area contributed by atoms with Gasteiger partial charge in [-0.1, -0.05) is 22.7 Å². The number of anilines is 1. The van der Waals surface area contributed by atoms with E-state index in [0.717, 1.165) is 23.7 Å². The third kappa shape index (κ3) is 2.00. The number of sulfonamides is 1. The van der Waals surface area contributed by atoms with E-state index in [0.29, 0.717) is 5.69 Å². The van der Waals surface area contributed by atoms with Gasteiger partial charge in [0.25, 0.3) is 10.0 Å². The maximum Gasteiger partial charge on any atom is 0.301 e. The Balaban J connectivity index is 1.91. The third-order valence-corrected chi connectivity index (χ3v) is 4.24. The van der Waals surface area contributed by atoms with Gasteiger partial charge in [0, 0.05) is 5.69 Å². The van der Waals surface area contributed by atoms with Crippen LogP contribution < -0.4 is 4.72 Å².